The minimum absolute atomic E-state index is 0.0505. The Bertz CT molecular complexity index is 1390. The number of hydrogen-bond donors (Lipinski definition) is 2. The number of phenols is 1. The van der Waals surface area contributed by atoms with E-state index in [9.17, 15) is 14.7 Å². The molecule has 1 aliphatic rings. The summed E-state index contributed by atoms with van der Waals surface area (Å²) in [5.41, 5.74) is 4.25. The van der Waals surface area contributed by atoms with Gasteiger partial charge in [0, 0.05) is 16.9 Å². The number of aromatic nitrogens is 1. The van der Waals surface area contributed by atoms with Crippen LogP contribution < -0.4 is 10.1 Å². The molecule has 222 valence electrons. The fourth-order valence-corrected chi connectivity index (χ4v) is 5.84. The zero-order valence-corrected chi connectivity index (χ0v) is 25.4. The first-order valence-corrected chi connectivity index (χ1v) is 15.5. The summed E-state index contributed by atoms with van der Waals surface area (Å²) in [6.07, 6.45) is 9.59. The second kappa shape index (κ2) is 15.4. The molecular formula is C34H40N2O5S. The first-order chi connectivity index (χ1) is 20.3. The van der Waals surface area contributed by atoms with Crippen LogP contribution in [-0.2, 0) is 27.4 Å². The second-order valence-corrected chi connectivity index (χ2v) is 11.6. The van der Waals surface area contributed by atoms with Gasteiger partial charge in [0.05, 0.1) is 18.3 Å². The van der Waals surface area contributed by atoms with E-state index in [1.807, 2.05) is 54.8 Å². The number of nitrogens with one attached hydrogen (secondary N) is 1. The van der Waals surface area contributed by atoms with E-state index >= 15 is 0 Å². The van der Waals surface area contributed by atoms with E-state index in [0.717, 1.165) is 58.8 Å². The highest BCUT2D eigenvalue weighted by molar-refractivity contribution is 7.09. The number of allylic oxidation sites excluding steroid dienone is 2. The van der Waals surface area contributed by atoms with E-state index in [0.29, 0.717) is 25.2 Å². The number of esters is 1. The van der Waals surface area contributed by atoms with Gasteiger partial charge in [-0.1, -0.05) is 43.5 Å². The Balaban J connectivity index is 1.47. The molecule has 42 heavy (non-hydrogen) atoms. The summed E-state index contributed by atoms with van der Waals surface area (Å²) in [6.45, 7) is 6.20. The van der Waals surface area contributed by atoms with Gasteiger partial charge in [-0.05, 0) is 93.2 Å². The van der Waals surface area contributed by atoms with Gasteiger partial charge in [-0.25, -0.2) is 9.78 Å². The maximum atomic E-state index is 13.3. The molecule has 1 heterocycles. The molecule has 0 unspecified atom stereocenters. The van der Waals surface area contributed by atoms with Crippen molar-refractivity contribution >= 4 is 29.3 Å². The smallest absolute Gasteiger partial charge is 0.333 e. The third kappa shape index (κ3) is 9.31. The lowest BCUT2D eigenvalue weighted by atomic mass is 9.88. The highest BCUT2D eigenvalue weighted by Crippen LogP contribution is 2.28. The molecule has 7 nitrogen and oxygen atoms in total. The Morgan fingerprint density at radius 1 is 1.05 bits per heavy atom. The van der Waals surface area contributed by atoms with Crippen molar-refractivity contribution < 1.29 is 24.2 Å². The van der Waals surface area contributed by atoms with Gasteiger partial charge in [0.15, 0.2) is 0 Å². The van der Waals surface area contributed by atoms with Crippen molar-refractivity contribution in [3.63, 3.8) is 0 Å². The molecule has 0 spiro atoms. The molecule has 0 saturated heterocycles. The van der Waals surface area contributed by atoms with Gasteiger partial charge in [-0.15, -0.1) is 11.3 Å². The number of hydrogen-bond acceptors (Lipinski definition) is 7. The number of ether oxygens (including phenoxy) is 2. The lowest BCUT2D eigenvalue weighted by Crippen LogP contribution is -2.35. The average Bonchev–Trinajstić information content (AvgIpc) is 3.46. The van der Waals surface area contributed by atoms with Crippen molar-refractivity contribution in [1.29, 1.82) is 0 Å². The number of carbonyl (C=O) groups is 2. The minimum Gasteiger partial charge on any atom is -0.508 e. The van der Waals surface area contributed by atoms with Crippen LogP contribution in [0.15, 0.2) is 71.1 Å². The highest BCUT2D eigenvalue weighted by Gasteiger charge is 2.25. The fourth-order valence-electron chi connectivity index (χ4n) is 5.02. The Morgan fingerprint density at radius 2 is 1.74 bits per heavy atom. The van der Waals surface area contributed by atoms with Gasteiger partial charge in [0.2, 0.25) is 5.91 Å². The summed E-state index contributed by atoms with van der Waals surface area (Å²) in [7, 11) is 0. The standard InChI is InChI=1S/C34H40N2O5S/c1-4-40-34(39)24(3)18-23(2)19-28-22-42-33(35-28)31(36-32(38)27-8-6-5-7-9-27)20-25-12-16-30(17-13-25)41-21-26-10-14-29(37)15-11-26/h10-19,22,27,31,37H,4-9,20-21H2,1-3H3,(H,36,38)/b23-19+,24-18-/t31-/m0/s1. The Labute approximate surface area is 252 Å². The van der Waals surface area contributed by atoms with E-state index in [-0.39, 0.29) is 29.6 Å². The molecule has 1 aromatic heterocycles. The van der Waals surface area contributed by atoms with Crippen LogP contribution in [0.3, 0.4) is 0 Å². The first-order valence-electron chi connectivity index (χ1n) is 14.6. The normalized spacial score (nSPS) is 15.2. The van der Waals surface area contributed by atoms with Gasteiger partial charge < -0.3 is 19.9 Å². The lowest BCUT2D eigenvalue weighted by molar-refractivity contribution is -0.138. The van der Waals surface area contributed by atoms with Crippen LogP contribution in [0.4, 0.5) is 0 Å². The maximum Gasteiger partial charge on any atom is 0.333 e. The van der Waals surface area contributed by atoms with Crippen molar-refractivity contribution in [3.05, 3.63) is 93.0 Å². The zero-order chi connectivity index (χ0) is 29.9. The predicted molar refractivity (Wildman–Crippen MR) is 166 cm³/mol. The molecule has 2 N–H and O–H groups in total. The topological polar surface area (TPSA) is 97.8 Å². The molecule has 4 rings (SSSR count). The Morgan fingerprint density at radius 3 is 2.43 bits per heavy atom. The molecule has 1 amide bonds. The molecule has 0 bridgehead atoms. The monoisotopic (exact) mass is 588 g/mol. The number of aromatic hydroxyl groups is 1. The zero-order valence-electron chi connectivity index (χ0n) is 24.6. The lowest BCUT2D eigenvalue weighted by Gasteiger charge is -2.24. The van der Waals surface area contributed by atoms with Crippen molar-refractivity contribution in [2.45, 2.75) is 71.9 Å². The molecule has 3 aromatic rings. The molecule has 1 atom stereocenters. The predicted octanol–water partition coefficient (Wildman–Crippen LogP) is 7.32. The summed E-state index contributed by atoms with van der Waals surface area (Å²) >= 11 is 1.53. The van der Waals surface area contributed by atoms with Crippen LogP contribution in [0.1, 0.15) is 80.7 Å². The van der Waals surface area contributed by atoms with E-state index < -0.39 is 0 Å². The van der Waals surface area contributed by atoms with E-state index in [4.69, 9.17) is 14.5 Å². The SMILES string of the molecule is CCOC(=O)/C(C)=C\C(C)=C\c1csc([C@H](Cc2ccc(OCc3ccc(O)cc3)cc2)NC(=O)C2CCCCC2)n1. The minimum atomic E-state index is -0.327. The number of rotatable bonds is 12. The molecule has 0 aliphatic heterocycles. The largest absolute Gasteiger partial charge is 0.508 e. The Kier molecular flexibility index (Phi) is 11.3. The van der Waals surface area contributed by atoms with Crippen molar-refractivity contribution in [2.75, 3.05) is 6.61 Å². The van der Waals surface area contributed by atoms with Gasteiger partial charge >= 0.3 is 5.97 Å². The fraction of sp³-hybridized carbons (Fsp3) is 0.382. The van der Waals surface area contributed by atoms with E-state index in [1.165, 1.54) is 17.8 Å². The number of phenolic OH excluding ortho intramolecular Hbond substituents is 1. The van der Waals surface area contributed by atoms with Crippen molar-refractivity contribution in [1.82, 2.24) is 10.3 Å². The van der Waals surface area contributed by atoms with E-state index in [2.05, 4.69) is 5.32 Å². The Hall–Kier alpha value is -3.91. The molecule has 1 fully saturated rings. The summed E-state index contributed by atoms with van der Waals surface area (Å²) in [6, 6.07) is 14.6. The molecular weight excluding hydrogens is 548 g/mol. The van der Waals surface area contributed by atoms with Crippen molar-refractivity contribution in [3.8, 4) is 11.5 Å². The molecule has 8 heteroatoms. The van der Waals surface area contributed by atoms with Gasteiger partial charge in [0.25, 0.3) is 0 Å². The molecule has 1 aliphatic carbocycles. The molecule has 1 saturated carbocycles. The number of amides is 1. The molecule has 0 radical (unpaired) electrons. The van der Waals surface area contributed by atoms with Crippen LogP contribution in [0.5, 0.6) is 11.5 Å². The molecule has 2 aromatic carbocycles. The number of nitrogens with zero attached hydrogens (tertiary/aromatic N) is 1. The first kappa shape index (κ1) is 31.0. The summed E-state index contributed by atoms with van der Waals surface area (Å²) in [4.78, 5) is 30.1. The van der Waals surface area contributed by atoms with Crippen LogP contribution in [0.25, 0.3) is 6.08 Å². The van der Waals surface area contributed by atoms with Crippen LogP contribution >= 0.6 is 11.3 Å². The second-order valence-electron chi connectivity index (χ2n) is 10.7. The quantitative estimate of drug-likeness (QED) is 0.131. The number of benzene rings is 2. The number of thiazole rings is 1. The number of carbonyl (C=O) groups excluding carboxylic acids is 2. The van der Waals surface area contributed by atoms with Gasteiger partial charge in [0.1, 0.15) is 23.1 Å². The van der Waals surface area contributed by atoms with Crippen LogP contribution in [0.2, 0.25) is 0 Å². The summed E-state index contributed by atoms with van der Waals surface area (Å²) in [5, 5.41) is 15.6. The third-order valence-electron chi connectivity index (χ3n) is 7.25. The van der Waals surface area contributed by atoms with Crippen LogP contribution in [0, 0.1) is 5.92 Å². The van der Waals surface area contributed by atoms with Gasteiger partial charge in [-0.2, -0.15) is 0 Å². The summed E-state index contributed by atoms with van der Waals surface area (Å²) < 4.78 is 11.0. The summed E-state index contributed by atoms with van der Waals surface area (Å²) in [5.74, 6) is 0.802. The maximum absolute atomic E-state index is 13.3. The van der Waals surface area contributed by atoms with Crippen LogP contribution in [-0.4, -0.2) is 28.6 Å². The van der Waals surface area contributed by atoms with E-state index in [1.54, 1.807) is 32.1 Å². The average molecular weight is 589 g/mol. The van der Waals surface area contributed by atoms with Gasteiger partial charge in [-0.3, -0.25) is 4.79 Å². The highest BCUT2D eigenvalue weighted by atomic mass is 32.1. The van der Waals surface area contributed by atoms with Crippen molar-refractivity contribution in [2.24, 2.45) is 5.92 Å². The third-order valence-corrected chi connectivity index (χ3v) is 8.23.